The van der Waals surface area contributed by atoms with Gasteiger partial charge in [-0.25, -0.2) is 0 Å². The van der Waals surface area contributed by atoms with Gasteiger partial charge in [-0.05, 0) is 6.07 Å². The van der Waals surface area contributed by atoms with Crippen LogP contribution in [0.5, 0.6) is 0 Å². The molecule has 0 aliphatic rings. The maximum Gasteiger partial charge on any atom is 0.252 e. The third kappa shape index (κ3) is 2.68. The quantitative estimate of drug-likeness (QED) is 0.742. The highest BCUT2D eigenvalue weighted by Crippen LogP contribution is 2.12. The van der Waals surface area contributed by atoms with Gasteiger partial charge in [0.15, 0.2) is 0 Å². The van der Waals surface area contributed by atoms with Crippen LogP contribution < -0.4 is 11.1 Å². The van der Waals surface area contributed by atoms with Crippen LogP contribution in [-0.4, -0.2) is 24.0 Å². The molecule has 0 fully saturated rings. The largest absolute Gasteiger partial charge is 0.351 e. The maximum atomic E-state index is 11.3. The number of hydrogen-bond acceptors (Lipinski definition) is 3. The second-order valence-electron chi connectivity index (χ2n) is 2.40. The molecular formula is C8H10ClN3O. The van der Waals surface area contributed by atoms with Crippen LogP contribution in [0.1, 0.15) is 10.4 Å². The number of amides is 1. The number of halogens is 1. The van der Waals surface area contributed by atoms with Gasteiger partial charge in [-0.2, -0.15) is 0 Å². The lowest BCUT2D eigenvalue weighted by atomic mass is 10.2. The van der Waals surface area contributed by atoms with Crippen LogP contribution in [0.4, 0.5) is 0 Å². The summed E-state index contributed by atoms with van der Waals surface area (Å²) in [4.78, 5) is 15.1. The molecule has 1 heterocycles. The van der Waals surface area contributed by atoms with E-state index in [0.717, 1.165) is 0 Å². The topological polar surface area (TPSA) is 68.0 Å². The van der Waals surface area contributed by atoms with E-state index in [9.17, 15) is 4.79 Å². The van der Waals surface area contributed by atoms with Crippen LogP contribution in [0.3, 0.4) is 0 Å². The first-order valence-corrected chi connectivity index (χ1v) is 4.21. The Morgan fingerprint density at radius 3 is 3.08 bits per heavy atom. The number of nitrogens with zero attached hydrogens (tertiary/aromatic N) is 1. The maximum absolute atomic E-state index is 11.3. The van der Waals surface area contributed by atoms with E-state index in [1.807, 2.05) is 0 Å². The molecule has 13 heavy (non-hydrogen) atoms. The van der Waals surface area contributed by atoms with Crippen molar-refractivity contribution < 1.29 is 4.79 Å². The molecule has 5 heteroatoms. The summed E-state index contributed by atoms with van der Waals surface area (Å²) in [7, 11) is 0. The molecule has 0 saturated heterocycles. The smallest absolute Gasteiger partial charge is 0.252 e. The van der Waals surface area contributed by atoms with Crippen molar-refractivity contribution >= 4 is 17.5 Å². The van der Waals surface area contributed by atoms with Crippen LogP contribution >= 0.6 is 11.6 Å². The predicted molar refractivity (Wildman–Crippen MR) is 50.6 cm³/mol. The molecule has 70 valence electrons. The van der Waals surface area contributed by atoms with Crippen molar-refractivity contribution in [1.82, 2.24) is 10.3 Å². The highest BCUT2D eigenvalue weighted by Gasteiger charge is 2.07. The molecule has 0 unspecified atom stereocenters. The van der Waals surface area contributed by atoms with Gasteiger partial charge in [0.25, 0.3) is 5.91 Å². The second-order valence-corrected chi connectivity index (χ2v) is 2.81. The number of nitrogens with two attached hydrogens (primary N) is 1. The van der Waals surface area contributed by atoms with Crippen LogP contribution in [0, 0.1) is 0 Å². The Labute approximate surface area is 81.1 Å². The highest BCUT2D eigenvalue weighted by molar-refractivity contribution is 6.33. The first-order valence-electron chi connectivity index (χ1n) is 3.83. The number of pyridine rings is 1. The van der Waals surface area contributed by atoms with Crippen molar-refractivity contribution in [3.8, 4) is 0 Å². The molecule has 3 N–H and O–H groups in total. The van der Waals surface area contributed by atoms with E-state index in [1.54, 1.807) is 6.07 Å². The minimum Gasteiger partial charge on any atom is -0.351 e. The monoisotopic (exact) mass is 199 g/mol. The van der Waals surface area contributed by atoms with Crippen LogP contribution in [0.15, 0.2) is 18.5 Å². The van der Waals surface area contributed by atoms with E-state index >= 15 is 0 Å². The molecule has 0 aromatic carbocycles. The van der Waals surface area contributed by atoms with Gasteiger partial charge in [-0.3, -0.25) is 9.78 Å². The Hall–Kier alpha value is -1.13. The normalized spacial score (nSPS) is 9.69. The van der Waals surface area contributed by atoms with Crippen molar-refractivity contribution in [3.63, 3.8) is 0 Å². The molecule has 0 saturated carbocycles. The summed E-state index contributed by atoms with van der Waals surface area (Å²) < 4.78 is 0. The molecule has 0 spiro atoms. The third-order valence-corrected chi connectivity index (χ3v) is 1.75. The number of nitrogens with one attached hydrogen (secondary N) is 1. The van der Waals surface area contributed by atoms with Crippen molar-refractivity contribution in [2.24, 2.45) is 5.73 Å². The van der Waals surface area contributed by atoms with Crippen LogP contribution in [0.2, 0.25) is 5.02 Å². The number of hydrogen-bond donors (Lipinski definition) is 2. The molecule has 4 nitrogen and oxygen atoms in total. The van der Waals surface area contributed by atoms with Gasteiger partial charge in [-0.1, -0.05) is 11.6 Å². The predicted octanol–water partition coefficient (Wildman–Crippen LogP) is 0.424. The first kappa shape index (κ1) is 9.95. The number of aromatic nitrogens is 1. The lowest BCUT2D eigenvalue weighted by molar-refractivity contribution is 0.0955. The zero-order valence-corrected chi connectivity index (χ0v) is 7.71. The van der Waals surface area contributed by atoms with Gasteiger partial charge < -0.3 is 11.1 Å². The molecule has 0 radical (unpaired) electrons. The number of carbonyl (C=O) groups excluding carboxylic acids is 1. The summed E-state index contributed by atoms with van der Waals surface area (Å²) in [6.45, 7) is 0.853. The van der Waals surface area contributed by atoms with E-state index in [1.165, 1.54) is 12.4 Å². The zero-order chi connectivity index (χ0) is 9.68. The third-order valence-electron chi connectivity index (χ3n) is 1.45. The van der Waals surface area contributed by atoms with Crippen molar-refractivity contribution in [1.29, 1.82) is 0 Å². The first-order chi connectivity index (χ1) is 6.25. The summed E-state index contributed by atoms with van der Waals surface area (Å²) >= 11 is 5.74. The summed E-state index contributed by atoms with van der Waals surface area (Å²) in [5.74, 6) is -0.224. The minimum atomic E-state index is -0.224. The standard InChI is InChI=1S/C8H10ClN3O/c9-7-5-11-3-1-6(7)8(13)12-4-2-10/h1,3,5H,2,4,10H2,(H,12,13). The van der Waals surface area contributed by atoms with Gasteiger partial charge >= 0.3 is 0 Å². The van der Waals surface area contributed by atoms with Crippen LogP contribution in [-0.2, 0) is 0 Å². The summed E-state index contributed by atoms with van der Waals surface area (Å²) in [5.41, 5.74) is 5.65. The van der Waals surface area contributed by atoms with Gasteiger partial charge in [0.1, 0.15) is 0 Å². The summed E-state index contributed by atoms with van der Waals surface area (Å²) in [5, 5.41) is 2.96. The molecule has 0 bridgehead atoms. The second kappa shape index (κ2) is 4.79. The number of rotatable bonds is 3. The lowest BCUT2D eigenvalue weighted by Crippen LogP contribution is -2.29. The Morgan fingerprint density at radius 1 is 1.69 bits per heavy atom. The van der Waals surface area contributed by atoms with E-state index in [4.69, 9.17) is 17.3 Å². The van der Waals surface area contributed by atoms with Gasteiger partial charge in [0, 0.05) is 25.5 Å². The van der Waals surface area contributed by atoms with Crippen molar-refractivity contribution in [3.05, 3.63) is 29.0 Å². The molecule has 0 atom stereocenters. The fourth-order valence-electron chi connectivity index (χ4n) is 0.840. The number of carbonyl (C=O) groups is 1. The highest BCUT2D eigenvalue weighted by atomic mass is 35.5. The minimum absolute atomic E-state index is 0.224. The molecule has 0 aliphatic carbocycles. The molecule has 1 aromatic heterocycles. The lowest BCUT2D eigenvalue weighted by Gasteiger charge is -2.03. The molecule has 1 aromatic rings. The fourth-order valence-corrected chi connectivity index (χ4v) is 1.05. The van der Waals surface area contributed by atoms with Crippen molar-refractivity contribution in [2.45, 2.75) is 0 Å². The molecule has 0 aliphatic heterocycles. The van der Waals surface area contributed by atoms with E-state index in [0.29, 0.717) is 23.7 Å². The van der Waals surface area contributed by atoms with E-state index in [-0.39, 0.29) is 5.91 Å². The van der Waals surface area contributed by atoms with Gasteiger partial charge in [0.05, 0.1) is 10.6 Å². The zero-order valence-electron chi connectivity index (χ0n) is 6.96. The fraction of sp³-hybridized carbons (Fsp3) is 0.250. The van der Waals surface area contributed by atoms with Crippen molar-refractivity contribution in [2.75, 3.05) is 13.1 Å². The average molecular weight is 200 g/mol. The van der Waals surface area contributed by atoms with Gasteiger partial charge in [0.2, 0.25) is 0 Å². The molecule has 1 amide bonds. The SMILES string of the molecule is NCCNC(=O)c1ccncc1Cl. The summed E-state index contributed by atoms with van der Waals surface area (Å²) in [6.07, 6.45) is 2.95. The van der Waals surface area contributed by atoms with E-state index < -0.39 is 0 Å². The van der Waals surface area contributed by atoms with E-state index in [2.05, 4.69) is 10.3 Å². The molecular weight excluding hydrogens is 190 g/mol. The Balaban J connectivity index is 2.71. The Bertz CT molecular complexity index is 303. The average Bonchev–Trinajstić information content (AvgIpc) is 2.15. The summed E-state index contributed by atoms with van der Waals surface area (Å²) in [6, 6.07) is 1.56. The Morgan fingerprint density at radius 2 is 2.46 bits per heavy atom. The van der Waals surface area contributed by atoms with Gasteiger partial charge in [-0.15, -0.1) is 0 Å². The Kier molecular flexibility index (Phi) is 3.67. The molecule has 1 rings (SSSR count). The van der Waals surface area contributed by atoms with Crippen LogP contribution in [0.25, 0.3) is 0 Å².